The highest BCUT2D eigenvalue weighted by atomic mass is 79.9. The fourth-order valence-corrected chi connectivity index (χ4v) is 1.96. The zero-order valence-electron chi connectivity index (χ0n) is 9.29. The lowest BCUT2D eigenvalue weighted by molar-refractivity contribution is 0.935. The van der Waals surface area contributed by atoms with Crippen molar-refractivity contribution in [2.45, 2.75) is 6.54 Å². The molecule has 0 radical (unpaired) electrons. The Morgan fingerprint density at radius 1 is 1.33 bits per heavy atom. The summed E-state index contributed by atoms with van der Waals surface area (Å²) >= 11 is 3.43. The third-order valence-electron chi connectivity index (χ3n) is 2.39. The highest BCUT2D eigenvalue weighted by molar-refractivity contribution is 9.10. The van der Waals surface area contributed by atoms with Crippen molar-refractivity contribution in [3.05, 3.63) is 47.1 Å². The average Bonchev–Trinajstić information content (AvgIpc) is 2.82. The molecule has 3 rings (SSSR count). The summed E-state index contributed by atoms with van der Waals surface area (Å²) in [5, 5.41) is 7.43. The summed E-state index contributed by atoms with van der Waals surface area (Å²) in [6.07, 6.45) is 5.07. The van der Waals surface area contributed by atoms with Crippen LogP contribution >= 0.6 is 15.9 Å². The van der Waals surface area contributed by atoms with E-state index in [-0.39, 0.29) is 0 Å². The number of hydrogen-bond acceptors (Lipinski definition) is 5. The van der Waals surface area contributed by atoms with Gasteiger partial charge >= 0.3 is 0 Å². The van der Waals surface area contributed by atoms with Gasteiger partial charge in [-0.05, 0) is 34.1 Å². The van der Waals surface area contributed by atoms with Crippen molar-refractivity contribution < 1.29 is 0 Å². The van der Waals surface area contributed by atoms with Gasteiger partial charge in [-0.2, -0.15) is 4.98 Å². The number of nitrogens with zero attached hydrogens (tertiary/aromatic N) is 5. The Hall–Kier alpha value is -2.02. The van der Waals surface area contributed by atoms with Gasteiger partial charge in [-0.25, -0.2) is 14.5 Å². The third-order valence-corrected chi connectivity index (χ3v) is 3.00. The van der Waals surface area contributed by atoms with Gasteiger partial charge in [0.15, 0.2) is 5.65 Å². The molecule has 0 saturated heterocycles. The second kappa shape index (κ2) is 4.69. The Kier molecular flexibility index (Phi) is 2.89. The van der Waals surface area contributed by atoms with Gasteiger partial charge in [0.25, 0.3) is 0 Å². The molecule has 0 amide bonds. The van der Waals surface area contributed by atoms with Gasteiger partial charge in [0.2, 0.25) is 5.95 Å². The van der Waals surface area contributed by atoms with E-state index in [1.54, 1.807) is 10.7 Å². The largest absolute Gasteiger partial charge is 0.347 e. The molecular formula is C11H9BrN6. The van der Waals surface area contributed by atoms with Crippen LogP contribution < -0.4 is 5.32 Å². The van der Waals surface area contributed by atoms with Gasteiger partial charge in [-0.1, -0.05) is 0 Å². The van der Waals surface area contributed by atoms with Crippen molar-refractivity contribution in [2.75, 3.05) is 5.32 Å². The van der Waals surface area contributed by atoms with Crippen molar-refractivity contribution in [3.63, 3.8) is 0 Å². The van der Waals surface area contributed by atoms with Crippen LogP contribution in [0.1, 0.15) is 5.69 Å². The van der Waals surface area contributed by atoms with E-state index >= 15 is 0 Å². The van der Waals surface area contributed by atoms with Crippen LogP contribution in [0.15, 0.2) is 41.4 Å². The molecule has 0 spiro atoms. The zero-order chi connectivity index (χ0) is 12.4. The number of rotatable bonds is 3. The molecule has 0 aliphatic heterocycles. The maximum absolute atomic E-state index is 4.38. The Morgan fingerprint density at radius 2 is 2.28 bits per heavy atom. The summed E-state index contributed by atoms with van der Waals surface area (Å²) in [5.74, 6) is 0.570. The Morgan fingerprint density at radius 3 is 3.06 bits per heavy atom. The predicted molar refractivity (Wildman–Crippen MR) is 70.0 cm³/mol. The van der Waals surface area contributed by atoms with Crippen molar-refractivity contribution in [1.82, 2.24) is 24.6 Å². The van der Waals surface area contributed by atoms with Crippen LogP contribution in [0.5, 0.6) is 0 Å². The summed E-state index contributed by atoms with van der Waals surface area (Å²) in [7, 11) is 0. The smallest absolute Gasteiger partial charge is 0.243 e. The molecule has 0 unspecified atom stereocenters. The molecule has 3 aromatic heterocycles. The second-order valence-electron chi connectivity index (χ2n) is 3.61. The van der Waals surface area contributed by atoms with Crippen LogP contribution in [0.4, 0.5) is 5.95 Å². The SMILES string of the molecule is Brc1cccn2nc(NCc3ccncn3)nc12. The molecule has 90 valence electrons. The number of nitrogens with one attached hydrogen (secondary N) is 1. The standard InChI is InChI=1S/C11H9BrN6/c12-9-2-1-5-18-10(9)16-11(17-18)14-6-8-3-4-13-7-15-8/h1-5,7H,6H2,(H,14,17). The van der Waals surface area contributed by atoms with E-state index in [1.165, 1.54) is 6.33 Å². The lowest BCUT2D eigenvalue weighted by atomic mass is 10.4. The summed E-state index contributed by atoms with van der Waals surface area (Å²) < 4.78 is 2.62. The molecule has 18 heavy (non-hydrogen) atoms. The highest BCUT2D eigenvalue weighted by Gasteiger charge is 2.05. The minimum Gasteiger partial charge on any atom is -0.347 e. The third kappa shape index (κ3) is 2.17. The fraction of sp³-hybridized carbons (Fsp3) is 0.0909. The van der Waals surface area contributed by atoms with E-state index in [0.29, 0.717) is 12.5 Å². The average molecular weight is 305 g/mol. The van der Waals surface area contributed by atoms with Gasteiger partial charge in [0.1, 0.15) is 6.33 Å². The predicted octanol–water partition coefficient (Wildman–Crippen LogP) is 1.89. The monoisotopic (exact) mass is 304 g/mol. The Balaban J connectivity index is 1.81. The summed E-state index contributed by atoms with van der Waals surface area (Å²) in [6, 6.07) is 5.68. The number of pyridine rings is 1. The van der Waals surface area contributed by atoms with Gasteiger partial charge < -0.3 is 5.32 Å². The molecule has 0 aliphatic carbocycles. The molecular weight excluding hydrogens is 296 g/mol. The number of aromatic nitrogens is 5. The number of fused-ring (bicyclic) bond motifs is 1. The van der Waals surface area contributed by atoms with E-state index in [0.717, 1.165) is 15.8 Å². The van der Waals surface area contributed by atoms with Crippen molar-refractivity contribution in [1.29, 1.82) is 0 Å². The molecule has 1 N–H and O–H groups in total. The van der Waals surface area contributed by atoms with E-state index in [9.17, 15) is 0 Å². The molecule has 0 fully saturated rings. The number of anilines is 1. The summed E-state index contributed by atoms with van der Waals surface area (Å²) in [5.41, 5.74) is 1.67. The molecule has 0 aromatic carbocycles. The van der Waals surface area contributed by atoms with E-state index in [4.69, 9.17) is 0 Å². The van der Waals surface area contributed by atoms with Crippen LogP contribution in [0.3, 0.4) is 0 Å². The fourth-order valence-electron chi connectivity index (χ4n) is 1.54. The topological polar surface area (TPSA) is 68.0 Å². The second-order valence-corrected chi connectivity index (χ2v) is 4.47. The maximum Gasteiger partial charge on any atom is 0.243 e. The first kappa shape index (κ1) is 11.1. The van der Waals surface area contributed by atoms with E-state index < -0.39 is 0 Å². The normalized spacial score (nSPS) is 10.7. The van der Waals surface area contributed by atoms with Crippen LogP contribution in [-0.2, 0) is 6.54 Å². The summed E-state index contributed by atoms with van der Waals surface area (Å²) in [6.45, 7) is 0.566. The van der Waals surface area contributed by atoms with Crippen molar-refractivity contribution in [3.8, 4) is 0 Å². The lowest BCUT2D eigenvalue weighted by Crippen LogP contribution is -2.03. The molecule has 0 bridgehead atoms. The van der Waals surface area contributed by atoms with Crippen LogP contribution in [0.2, 0.25) is 0 Å². The van der Waals surface area contributed by atoms with Crippen molar-refractivity contribution >= 4 is 27.5 Å². The van der Waals surface area contributed by atoms with E-state index in [1.807, 2.05) is 24.4 Å². The first-order valence-corrected chi connectivity index (χ1v) is 6.12. The van der Waals surface area contributed by atoms with Crippen LogP contribution in [-0.4, -0.2) is 24.6 Å². The van der Waals surface area contributed by atoms with Gasteiger partial charge in [0.05, 0.1) is 16.7 Å². The van der Waals surface area contributed by atoms with E-state index in [2.05, 4.69) is 41.3 Å². The Bertz CT molecular complexity index is 666. The molecule has 0 atom stereocenters. The van der Waals surface area contributed by atoms with Crippen molar-refractivity contribution in [2.24, 2.45) is 0 Å². The zero-order valence-corrected chi connectivity index (χ0v) is 10.9. The molecule has 3 heterocycles. The first-order valence-electron chi connectivity index (χ1n) is 5.32. The number of halogens is 1. The molecule has 0 saturated carbocycles. The lowest BCUT2D eigenvalue weighted by Gasteiger charge is -1.99. The molecule has 3 aromatic rings. The molecule has 7 heteroatoms. The van der Waals surface area contributed by atoms with Gasteiger partial charge in [0, 0.05) is 12.4 Å². The summed E-state index contributed by atoms with van der Waals surface area (Å²) in [4.78, 5) is 12.4. The number of hydrogen-bond donors (Lipinski definition) is 1. The maximum atomic E-state index is 4.38. The van der Waals surface area contributed by atoms with Crippen LogP contribution in [0, 0.1) is 0 Å². The quantitative estimate of drug-likeness (QED) is 0.800. The minimum atomic E-state index is 0.566. The Labute approximate surface area is 111 Å². The minimum absolute atomic E-state index is 0.566. The molecule has 0 aliphatic rings. The van der Waals surface area contributed by atoms with Gasteiger partial charge in [-0.15, -0.1) is 5.10 Å². The van der Waals surface area contributed by atoms with Crippen LogP contribution in [0.25, 0.3) is 5.65 Å². The highest BCUT2D eigenvalue weighted by Crippen LogP contribution is 2.16. The van der Waals surface area contributed by atoms with Gasteiger partial charge in [-0.3, -0.25) is 0 Å². The first-order chi connectivity index (χ1) is 8.83. The molecule has 6 nitrogen and oxygen atoms in total.